The molecule has 1 aliphatic carbocycles. The molecule has 1 atom stereocenters. The second-order valence-electron chi connectivity index (χ2n) is 7.42. The number of aryl methyl sites for hydroxylation is 2. The Morgan fingerprint density at radius 1 is 1.17 bits per heavy atom. The number of carboxylic acid groups (broad SMARTS) is 1. The van der Waals surface area contributed by atoms with E-state index in [1.165, 1.54) is 36.8 Å². The zero-order valence-electron chi connectivity index (χ0n) is 14.5. The topological polar surface area (TPSA) is 52.6 Å². The molecule has 126 valence electrons. The third-order valence-corrected chi connectivity index (χ3v) is 5.68. The van der Waals surface area contributed by atoms with E-state index in [2.05, 4.69) is 36.2 Å². The van der Waals surface area contributed by atoms with Crippen LogP contribution in [0, 0.1) is 13.8 Å². The number of anilines is 2. The first-order valence-electron chi connectivity index (χ1n) is 8.81. The molecule has 0 saturated heterocycles. The number of nitrogens with zero attached hydrogens (tertiary/aromatic N) is 1. The highest BCUT2D eigenvalue weighted by Gasteiger charge is 2.40. The number of carbonyl (C=O) groups is 1. The molecule has 1 aromatic rings. The van der Waals surface area contributed by atoms with Gasteiger partial charge in [0.15, 0.2) is 0 Å². The maximum atomic E-state index is 11.6. The van der Waals surface area contributed by atoms with Gasteiger partial charge in [0.2, 0.25) is 0 Å². The van der Waals surface area contributed by atoms with Crippen molar-refractivity contribution in [3.63, 3.8) is 0 Å². The molecule has 2 N–H and O–H groups in total. The van der Waals surface area contributed by atoms with Gasteiger partial charge in [-0.15, -0.1) is 0 Å². The first kappa shape index (κ1) is 16.2. The molecule has 3 rings (SSSR count). The highest BCUT2D eigenvalue weighted by atomic mass is 16.4. The lowest BCUT2D eigenvalue weighted by molar-refractivity contribution is -0.138. The molecule has 4 heteroatoms. The number of hydrogen-bond acceptors (Lipinski definition) is 3. The Bertz CT molecular complexity index is 604. The first-order chi connectivity index (χ1) is 10.9. The predicted molar refractivity (Wildman–Crippen MR) is 94.4 cm³/mol. The van der Waals surface area contributed by atoms with E-state index >= 15 is 0 Å². The number of aliphatic carboxylic acids is 1. The zero-order valence-corrected chi connectivity index (χ0v) is 14.5. The number of nitrogens with one attached hydrogen (secondary N) is 1. The Morgan fingerprint density at radius 2 is 1.78 bits per heavy atom. The molecule has 1 saturated carbocycles. The van der Waals surface area contributed by atoms with Crippen molar-refractivity contribution in [2.75, 3.05) is 16.8 Å². The van der Waals surface area contributed by atoms with E-state index < -0.39 is 12.0 Å². The molecule has 0 radical (unpaired) electrons. The fraction of sp³-hybridized carbons (Fsp3) is 0.632. The molecule has 0 aromatic heterocycles. The summed E-state index contributed by atoms with van der Waals surface area (Å²) in [5.74, 6) is -0.750. The highest BCUT2D eigenvalue weighted by molar-refractivity contribution is 5.83. The van der Waals surface area contributed by atoms with Gasteiger partial charge < -0.3 is 15.3 Å². The Balaban J connectivity index is 2.04. The summed E-state index contributed by atoms with van der Waals surface area (Å²) in [4.78, 5) is 13.7. The number of rotatable bonds is 2. The molecule has 1 unspecified atom stereocenters. The Labute approximate surface area is 138 Å². The minimum Gasteiger partial charge on any atom is -0.480 e. The molecular weight excluding hydrogens is 288 g/mol. The van der Waals surface area contributed by atoms with E-state index in [1.807, 2.05) is 0 Å². The van der Waals surface area contributed by atoms with Gasteiger partial charge in [0, 0.05) is 6.54 Å². The van der Waals surface area contributed by atoms with Crippen molar-refractivity contribution < 1.29 is 9.90 Å². The maximum Gasteiger partial charge on any atom is 0.326 e. The van der Waals surface area contributed by atoms with Crippen LogP contribution >= 0.6 is 0 Å². The van der Waals surface area contributed by atoms with Crippen LogP contribution in [0.3, 0.4) is 0 Å². The summed E-state index contributed by atoms with van der Waals surface area (Å²) in [6.45, 7) is 6.80. The van der Waals surface area contributed by atoms with Gasteiger partial charge in [-0.2, -0.15) is 0 Å². The molecule has 1 aliphatic heterocycles. The van der Waals surface area contributed by atoms with Crippen molar-refractivity contribution in [3.05, 3.63) is 23.3 Å². The number of carboxylic acids is 1. The van der Waals surface area contributed by atoms with Gasteiger partial charge in [-0.1, -0.05) is 25.7 Å². The summed E-state index contributed by atoms with van der Waals surface area (Å²) in [7, 11) is 0. The average molecular weight is 316 g/mol. The van der Waals surface area contributed by atoms with Gasteiger partial charge in [0.05, 0.1) is 16.9 Å². The quantitative estimate of drug-likeness (QED) is 0.862. The van der Waals surface area contributed by atoms with Crippen LogP contribution in [-0.4, -0.2) is 29.2 Å². The molecule has 1 aromatic carbocycles. The maximum absolute atomic E-state index is 11.6. The molecule has 4 nitrogen and oxygen atoms in total. The molecule has 1 fully saturated rings. The molecule has 2 aliphatic rings. The monoisotopic (exact) mass is 316 g/mol. The smallest absolute Gasteiger partial charge is 0.326 e. The van der Waals surface area contributed by atoms with Crippen LogP contribution in [0.2, 0.25) is 0 Å². The van der Waals surface area contributed by atoms with Crippen molar-refractivity contribution in [3.8, 4) is 0 Å². The average Bonchev–Trinajstić information content (AvgIpc) is 2.73. The highest BCUT2D eigenvalue weighted by Crippen LogP contribution is 2.42. The standard InChI is InChI=1S/C19H28N2O2/c1-13-10-16-17(11-14(13)2)21(15(3)18(22)23)12-19(20-16)8-6-4-5-7-9-19/h10-11,15,20H,4-9,12H2,1-3H3,(H,22,23). The molecule has 0 amide bonds. The lowest BCUT2D eigenvalue weighted by Gasteiger charge is -2.47. The van der Waals surface area contributed by atoms with E-state index in [4.69, 9.17) is 0 Å². The van der Waals surface area contributed by atoms with Crippen LogP contribution in [0.4, 0.5) is 11.4 Å². The molecule has 1 spiro atoms. The number of hydrogen-bond donors (Lipinski definition) is 2. The largest absolute Gasteiger partial charge is 0.480 e. The molecular formula is C19H28N2O2. The first-order valence-corrected chi connectivity index (χ1v) is 8.81. The van der Waals surface area contributed by atoms with Gasteiger partial charge in [-0.05, 0) is 56.9 Å². The minimum absolute atomic E-state index is 0.0227. The van der Waals surface area contributed by atoms with Gasteiger partial charge >= 0.3 is 5.97 Å². The summed E-state index contributed by atoms with van der Waals surface area (Å²) in [5.41, 5.74) is 4.64. The second kappa shape index (κ2) is 6.06. The number of benzene rings is 1. The third-order valence-electron chi connectivity index (χ3n) is 5.68. The van der Waals surface area contributed by atoms with Crippen molar-refractivity contribution in [2.45, 2.75) is 70.9 Å². The van der Waals surface area contributed by atoms with E-state index in [1.54, 1.807) is 6.92 Å². The fourth-order valence-corrected chi connectivity index (χ4v) is 4.04. The summed E-state index contributed by atoms with van der Waals surface area (Å²) in [5, 5.41) is 13.4. The SMILES string of the molecule is Cc1cc2c(cc1C)N(C(C)C(=O)O)CC1(CCCCCC1)N2. The molecule has 23 heavy (non-hydrogen) atoms. The van der Waals surface area contributed by atoms with Crippen LogP contribution in [0.1, 0.15) is 56.6 Å². The van der Waals surface area contributed by atoms with E-state index in [-0.39, 0.29) is 5.54 Å². The fourth-order valence-electron chi connectivity index (χ4n) is 4.04. The Hall–Kier alpha value is -1.71. The lowest BCUT2D eigenvalue weighted by atomic mass is 9.85. The van der Waals surface area contributed by atoms with Crippen molar-refractivity contribution in [1.29, 1.82) is 0 Å². The Kier molecular flexibility index (Phi) is 4.26. The van der Waals surface area contributed by atoms with Crippen LogP contribution in [0.25, 0.3) is 0 Å². The summed E-state index contributed by atoms with van der Waals surface area (Å²) >= 11 is 0. The molecule has 0 bridgehead atoms. The summed E-state index contributed by atoms with van der Waals surface area (Å²) in [6.07, 6.45) is 7.28. The van der Waals surface area contributed by atoms with E-state index in [9.17, 15) is 9.90 Å². The van der Waals surface area contributed by atoms with E-state index in [0.717, 1.165) is 30.8 Å². The van der Waals surface area contributed by atoms with Crippen LogP contribution < -0.4 is 10.2 Å². The van der Waals surface area contributed by atoms with Crippen molar-refractivity contribution >= 4 is 17.3 Å². The minimum atomic E-state index is -0.750. The lowest BCUT2D eigenvalue weighted by Crippen LogP contribution is -2.56. The van der Waals surface area contributed by atoms with Crippen LogP contribution in [0.15, 0.2) is 12.1 Å². The molecule has 1 heterocycles. The third kappa shape index (κ3) is 3.04. The Morgan fingerprint density at radius 3 is 2.39 bits per heavy atom. The van der Waals surface area contributed by atoms with Crippen molar-refractivity contribution in [1.82, 2.24) is 0 Å². The second-order valence-corrected chi connectivity index (χ2v) is 7.42. The van der Waals surface area contributed by atoms with Crippen LogP contribution in [0.5, 0.6) is 0 Å². The van der Waals surface area contributed by atoms with Gasteiger partial charge in [-0.3, -0.25) is 0 Å². The van der Waals surface area contributed by atoms with Gasteiger partial charge in [0.1, 0.15) is 6.04 Å². The van der Waals surface area contributed by atoms with Crippen LogP contribution in [-0.2, 0) is 4.79 Å². The summed E-state index contributed by atoms with van der Waals surface area (Å²) < 4.78 is 0. The normalized spacial score (nSPS) is 21.3. The number of fused-ring (bicyclic) bond motifs is 1. The van der Waals surface area contributed by atoms with Gasteiger partial charge in [-0.25, -0.2) is 4.79 Å². The zero-order chi connectivity index (χ0) is 16.6. The van der Waals surface area contributed by atoms with E-state index in [0.29, 0.717) is 0 Å². The predicted octanol–water partition coefficient (Wildman–Crippen LogP) is 4.10. The van der Waals surface area contributed by atoms with Gasteiger partial charge in [0.25, 0.3) is 0 Å². The van der Waals surface area contributed by atoms with Crippen molar-refractivity contribution in [2.24, 2.45) is 0 Å². The summed E-state index contributed by atoms with van der Waals surface area (Å²) in [6, 6.07) is 3.83.